The van der Waals surface area contributed by atoms with Crippen LogP contribution in [-0.2, 0) is 7.05 Å². The number of rotatable bonds is 6. The molecule has 0 atom stereocenters. The van der Waals surface area contributed by atoms with E-state index in [1.165, 1.54) is 22.4 Å². The van der Waals surface area contributed by atoms with Crippen LogP contribution in [0, 0.1) is 5.41 Å². The highest BCUT2D eigenvalue weighted by Crippen LogP contribution is 2.38. The zero-order chi connectivity index (χ0) is 20.0. The largest absolute Gasteiger partial charge is 0.212 e. The van der Waals surface area contributed by atoms with Crippen molar-refractivity contribution < 1.29 is 9.14 Å². The Bertz CT molecular complexity index is 893. The number of pyridine rings is 1. The fraction of sp³-hybridized carbons (Fsp3) is 0.280. The third-order valence-electron chi connectivity index (χ3n) is 4.82. The summed E-state index contributed by atoms with van der Waals surface area (Å²) in [6, 6.07) is 15.0. The van der Waals surface area contributed by atoms with Gasteiger partial charge in [-0.2, -0.15) is 4.58 Å². The molecule has 0 aliphatic carbocycles. The standard InChI is InChI=1S/C25H32N2/c1-8-20(3)27(9-2)19-17-23(25(4,5)6)21-14-10-11-15-22(21)24-16-12-13-18-26(24)7/h8-18H,1-2,19H2,3-7H3/q+2/b23-17-,27-20?. The molecular formula is C25H32N2+2. The van der Waals surface area contributed by atoms with Gasteiger partial charge in [0.2, 0.25) is 5.69 Å². The average molecular weight is 361 g/mol. The molecule has 140 valence electrons. The molecule has 1 aromatic carbocycles. The molecule has 0 aliphatic rings. The van der Waals surface area contributed by atoms with Gasteiger partial charge in [-0.15, -0.1) is 0 Å². The summed E-state index contributed by atoms with van der Waals surface area (Å²) in [6.45, 7) is 17.4. The van der Waals surface area contributed by atoms with Crippen LogP contribution < -0.4 is 4.57 Å². The summed E-state index contributed by atoms with van der Waals surface area (Å²) in [5, 5.41) is 0. The smallest absolute Gasteiger partial charge is 0.201 e. The minimum atomic E-state index is 0.0123. The maximum Gasteiger partial charge on any atom is 0.212 e. The van der Waals surface area contributed by atoms with Gasteiger partial charge < -0.3 is 0 Å². The quantitative estimate of drug-likeness (QED) is 0.480. The highest BCUT2D eigenvalue weighted by molar-refractivity contribution is 5.88. The summed E-state index contributed by atoms with van der Waals surface area (Å²) in [7, 11) is 2.09. The number of allylic oxidation sites excluding steroid dienone is 2. The number of aromatic nitrogens is 1. The van der Waals surface area contributed by atoms with Crippen LogP contribution in [0.3, 0.4) is 0 Å². The van der Waals surface area contributed by atoms with Gasteiger partial charge >= 0.3 is 0 Å². The first-order valence-corrected chi connectivity index (χ1v) is 9.40. The summed E-state index contributed by atoms with van der Waals surface area (Å²) >= 11 is 0. The molecule has 0 spiro atoms. The van der Waals surface area contributed by atoms with Crippen molar-refractivity contribution in [3.63, 3.8) is 0 Å². The van der Waals surface area contributed by atoms with Crippen molar-refractivity contribution in [1.29, 1.82) is 0 Å². The van der Waals surface area contributed by atoms with Crippen molar-refractivity contribution in [2.45, 2.75) is 27.7 Å². The summed E-state index contributed by atoms with van der Waals surface area (Å²) in [5.41, 5.74) is 6.15. The van der Waals surface area contributed by atoms with E-state index < -0.39 is 0 Å². The second kappa shape index (κ2) is 8.77. The van der Waals surface area contributed by atoms with Crippen molar-refractivity contribution in [2.75, 3.05) is 6.54 Å². The number of nitrogens with zero attached hydrogens (tertiary/aromatic N) is 2. The zero-order valence-corrected chi connectivity index (χ0v) is 17.4. The predicted octanol–water partition coefficient (Wildman–Crippen LogP) is 5.41. The Hall–Kier alpha value is -2.74. The van der Waals surface area contributed by atoms with E-state index in [0.717, 1.165) is 12.3 Å². The molecule has 1 heterocycles. The second-order valence-corrected chi connectivity index (χ2v) is 7.79. The van der Waals surface area contributed by atoms with E-state index in [1.54, 1.807) is 0 Å². The fourth-order valence-electron chi connectivity index (χ4n) is 3.23. The van der Waals surface area contributed by atoms with Gasteiger partial charge in [-0.25, -0.2) is 4.57 Å². The average Bonchev–Trinajstić information content (AvgIpc) is 2.64. The third-order valence-corrected chi connectivity index (χ3v) is 4.82. The monoisotopic (exact) mass is 360 g/mol. The first kappa shape index (κ1) is 20.6. The maximum absolute atomic E-state index is 3.94. The molecule has 0 unspecified atom stereocenters. The van der Waals surface area contributed by atoms with Gasteiger partial charge in [-0.1, -0.05) is 45.5 Å². The van der Waals surface area contributed by atoms with E-state index in [0.29, 0.717) is 0 Å². The molecule has 0 amide bonds. The Labute approximate surface area is 164 Å². The van der Waals surface area contributed by atoms with Crippen molar-refractivity contribution in [2.24, 2.45) is 12.5 Å². The molecule has 2 rings (SSSR count). The van der Waals surface area contributed by atoms with E-state index in [2.05, 4.69) is 112 Å². The van der Waals surface area contributed by atoms with Crippen LogP contribution in [0.4, 0.5) is 0 Å². The second-order valence-electron chi connectivity index (χ2n) is 7.79. The van der Waals surface area contributed by atoms with Crippen LogP contribution >= 0.6 is 0 Å². The van der Waals surface area contributed by atoms with Crippen molar-refractivity contribution >= 4 is 11.3 Å². The van der Waals surface area contributed by atoms with Crippen LogP contribution in [0.2, 0.25) is 0 Å². The molecule has 0 radical (unpaired) electrons. The molecule has 0 fully saturated rings. The molecule has 27 heavy (non-hydrogen) atoms. The number of hydrogen-bond acceptors (Lipinski definition) is 0. The number of hydrogen-bond donors (Lipinski definition) is 0. The van der Waals surface area contributed by atoms with Gasteiger partial charge in [0.25, 0.3) is 0 Å². The Morgan fingerprint density at radius 2 is 1.74 bits per heavy atom. The Morgan fingerprint density at radius 1 is 1.07 bits per heavy atom. The maximum atomic E-state index is 3.94. The highest BCUT2D eigenvalue weighted by Gasteiger charge is 2.24. The first-order chi connectivity index (χ1) is 12.8. The van der Waals surface area contributed by atoms with Crippen LogP contribution in [0.15, 0.2) is 80.2 Å². The number of aryl methyl sites for hydroxylation is 1. The van der Waals surface area contributed by atoms with E-state index >= 15 is 0 Å². The van der Waals surface area contributed by atoms with Crippen LogP contribution in [0.1, 0.15) is 33.3 Å². The fourth-order valence-corrected chi connectivity index (χ4v) is 3.23. The van der Waals surface area contributed by atoms with E-state index in [1.807, 2.05) is 12.3 Å². The number of benzene rings is 1. The molecule has 0 bridgehead atoms. The Kier molecular flexibility index (Phi) is 6.68. The molecule has 0 saturated carbocycles. The molecule has 0 aliphatic heterocycles. The van der Waals surface area contributed by atoms with E-state index in [9.17, 15) is 0 Å². The van der Waals surface area contributed by atoms with E-state index in [-0.39, 0.29) is 5.41 Å². The predicted molar refractivity (Wildman–Crippen MR) is 117 cm³/mol. The SMILES string of the molecule is C=CC(C)=[N+](C=C)C/C=C(/c1ccccc1-c1cccc[n+]1C)C(C)(C)C. The minimum Gasteiger partial charge on any atom is -0.201 e. The molecule has 0 N–H and O–H groups in total. The van der Waals surface area contributed by atoms with Crippen LogP contribution in [0.25, 0.3) is 16.8 Å². The van der Waals surface area contributed by atoms with Crippen molar-refractivity contribution in [3.8, 4) is 11.3 Å². The van der Waals surface area contributed by atoms with Gasteiger partial charge in [0.1, 0.15) is 7.05 Å². The molecule has 0 saturated heterocycles. The first-order valence-electron chi connectivity index (χ1n) is 9.40. The van der Waals surface area contributed by atoms with Gasteiger partial charge in [0, 0.05) is 19.1 Å². The zero-order valence-electron chi connectivity index (χ0n) is 17.4. The lowest BCUT2D eigenvalue weighted by Crippen LogP contribution is -2.30. The topological polar surface area (TPSA) is 6.89 Å². The molecular weight excluding hydrogens is 328 g/mol. The van der Waals surface area contributed by atoms with Crippen molar-refractivity contribution in [3.05, 3.63) is 85.7 Å². The van der Waals surface area contributed by atoms with Gasteiger partial charge in [-0.05, 0) is 47.4 Å². The molecule has 2 heteroatoms. The van der Waals surface area contributed by atoms with Gasteiger partial charge in [-0.3, -0.25) is 0 Å². The Balaban J connectivity index is 2.64. The summed E-state index contributed by atoms with van der Waals surface area (Å²) in [4.78, 5) is 0. The van der Waals surface area contributed by atoms with Gasteiger partial charge in [0.05, 0.1) is 5.56 Å². The minimum absolute atomic E-state index is 0.0123. The summed E-state index contributed by atoms with van der Waals surface area (Å²) < 4.78 is 4.29. The van der Waals surface area contributed by atoms with Gasteiger partial charge in [0.15, 0.2) is 24.7 Å². The third kappa shape index (κ3) is 4.91. The Morgan fingerprint density at radius 3 is 2.33 bits per heavy atom. The lowest BCUT2D eigenvalue weighted by atomic mass is 9.79. The highest BCUT2D eigenvalue weighted by atomic mass is 15.0. The van der Waals surface area contributed by atoms with Crippen LogP contribution in [0.5, 0.6) is 0 Å². The summed E-state index contributed by atoms with van der Waals surface area (Å²) in [6.07, 6.45) is 8.13. The molecule has 1 aromatic heterocycles. The lowest BCUT2D eigenvalue weighted by molar-refractivity contribution is -0.660. The van der Waals surface area contributed by atoms with Crippen LogP contribution in [-0.4, -0.2) is 16.8 Å². The molecule has 2 aromatic rings. The van der Waals surface area contributed by atoms with E-state index in [4.69, 9.17) is 0 Å². The summed E-state index contributed by atoms with van der Waals surface area (Å²) in [5.74, 6) is 0. The normalized spacial score (nSPS) is 13.1. The lowest BCUT2D eigenvalue weighted by Gasteiger charge is -2.25. The van der Waals surface area contributed by atoms with Crippen molar-refractivity contribution in [1.82, 2.24) is 0 Å². The molecule has 2 nitrogen and oxygen atoms in total.